The highest BCUT2D eigenvalue weighted by Crippen LogP contribution is 2.32. The molecule has 0 radical (unpaired) electrons. The van der Waals surface area contributed by atoms with E-state index in [1.54, 1.807) is 17.0 Å². The van der Waals surface area contributed by atoms with Crippen LogP contribution >= 0.6 is 0 Å². The van der Waals surface area contributed by atoms with Crippen LogP contribution in [0.4, 0.5) is 5.69 Å². The lowest BCUT2D eigenvalue weighted by Gasteiger charge is -2.24. The number of hydrogen-bond donors (Lipinski definition) is 1. The fourth-order valence-corrected chi connectivity index (χ4v) is 4.19. The molecule has 1 atom stereocenters. The Morgan fingerprint density at radius 3 is 2.65 bits per heavy atom. The molecule has 1 aliphatic carbocycles. The highest BCUT2D eigenvalue weighted by molar-refractivity contribution is 5.97. The third kappa shape index (κ3) is 2.89. The van der Waals surface area contributed by atoms with Gasteiger partial charge in [-0.1, -0.05) is 0 Å². The van der Waals surface area contributed by atoms with Gasteiger partial charge >= 0.3 is 0 Å². The first-order chi connectivity index (χ1) is 12.5. The van der Waals surface area contributed by atoms with Gasteiger partial charge in [0.15, 0.2) is 0 Å². The number of fused-ring (bicyclic) bond motifs is 1. The predicted molar refractivity (Wildman–Crippen MR) is 99.1 cm³/mol. The van der Waals surface area contributed by atoms with E-state index < -0.39 is 0 Å². The van der Waals surface area contributed by atoms with Crippen LogP contribution in [-0.4, -0.2) is 28.1 Å². The first kappa shape index (κ1) is 16.8. The summed E-state index contributed by atoms with van der Waals surface area (Å²) in [5, 5.41) is 7.68. The van der Waals surface area contributed by atoms with Crippen molar-refractivity contribution in [3.05, 3.63) is 46.8 Å². The van der Waals surface area contributed by atoms with Crippen molar-refractivity contribution in [2.75, 3.05) is 11.4 Å². The molecule has 0 spiro atoms. The molecule has 6 heteroatoms. The molecule has 2 aliphatic rings. The van der Waals surface area contributed by atoms with Crippen molar-refractivity contribution in [2.45, 2.75) is 45.1 Å². The molecule has 6 nitrogen and oxygen atoms in total. The van der Waals surface area contributed by atoms with Crippen LogP contribution in [0, 0.1) is 6.92 Å². The van der Waals surface area contributed by atoms with Crippen molar-refractivity contribution in [1.82, 2.24) is 15.1 Å². The number of rotatable bonds is 3. The summed E-state index contributed by atoms with van der Waals surface area (Å²) in [6, 6.07) is 7.34. The molecule has 1 unspecified atom stereocenters. The zero-order chi connectivity index (χ0) is 18.3. The second-order valence-corrected chi connectivity index (χ2v) is 7.18. The second kappa shape index (κ2) is 6.59. The summed E-state index contributed by atoms with van der Waals surface area (Å²) in [7, 11) is 1.97. The third-order valence-electron chi connectivity index (χ3n) is 5.47. The van der Waals surface area contributed by atoms with Crippen molar-refractivity contribution in [1.29, 1.82) is 0 Å². The number of anilines is 1. The molecule has 0 bridgehead atoms. The van der Waals surface area contributed by atoms with Gasteiger partial charge in [-0.2, -0.15) is 5.10 Å². The summed E-state index contributed by atoms with van der Waals surface area (Å²) in [6.07, 6.45) is 4.50. The smallest absolute Gasteiger partial charge is 0.251 e. The van der Waals surface area contributed by atoms with Crippen molar-refractivity contribution in [2.24, 2.45) is 7.05 Å². The summed E-state index contributed by atoms with van der Waals surface area (Å²) in [5.74, 6) is 0.0781. The minimum absolute atomic E-state index is 0.0137. The van der Waals surface area contributed by atoms with Crippen LogP contribution in [0.2, 0.25) is 0 Å². The van der Waals surface area contributed by atoms with E-state index in [0.717, 1.165) is 43.6 Å². The normalized spacial score (nSPS) is 19.5. The van der Waals surface area contributed by atoms with Gasteiger partial charge in [0.05, 0.1) is 11.7 Å². The Hall–Kier alpha value is -2.63. The Balaban J connectivity index is 1.50. The van der Waals surface area contributed by atoms with Gasteiger partial charge in [0.2, 0.25) is 5.91 Å². The summed E-state index contributed by atoms with van der Waals surface area (Å²) in [6.45, 7) is 2.76. The van der Waals surface area contributed by atoms with Crippen LogP contribution in [0.5, 0.6) is 0 Å². The standard InChI is InChI=1S/C20H24N4O2/c1-13-19-16(5-3-6-17(19)23(2)22-13)21-20(26)14-8-10-15(11-9-14)24-12-4-7-18(24)25/h8-11,16H,3-7,12H2,1-2H3,(H,21,26). The summed E-state index contributed by atoms with van der Waals surface area (Å²) >= 11 is 0. The van der Waals surface area contributed by atoms with Crippen molar-refractivity contribution in [3.8, 4) is 0 Å². The van der Waals surface area contributed by atoms with Crippen LogP contribution in [0.3, 0.4) is 0 Å². The minimum Gasteiger partial charge on any atom is -0.345 e. The van der Waals surface area contributed by atoms with E-state index >= 15 is 0 Å². The van der Waals surface area contributed by atoms with Gasteiger partial charge in [0.25, 0.3) is 5.91 Å². The van der Waals surface area contributed by atoms with Gasteiger partial charge in [0.1, 0.15) is 0 Å². The fourth-order valence-electron chi connectivity index (χ4n) is 4.19. The second-order valence-electron chi connectivity index (χ2n) is 7.18. The van der Waals surface area contributed by atoms with Crippen LogP contribution in [-0.2, 0) is 18.3 Å². The first-order valence-electron chi connectivity index (χ1n) is 9.28. The van der Waals surface area contributed by atoms with Crippen molar-refractivity contribution >= 4 is 17.5 Å². The number of hydrogen-bond acceptors (Lipinski definition) is 3. The van der Waals surface area contributed by atoms with Crippen molar-refractivity contribution in [3.63, 3.8) is 0 Å². The lowest BCUT2D eigenvalue weighted by Crippen LogP contribution is -2.31. The van der Waals surface area contributed by atoms with E-state index in [9.17, 15) is 9.59 Å². The third-order valence-corrected chi connectivity index (χ3v) is 5.47. The van der Waals surface area contributed by atoms with Crippen LogP contribution < -0.4 is 10.2 Å². The number of nitrogens with one attached hydrogen (secondary N) is 1. The van der Waals surface area contributed by atoms with E-state index in [2.05, 4.69) is 10.4 Å². The maximum atomic E-state index is 12.7. The van der Waals surface area contributed by atoms with Gasteiger partial charge in [-0.15, -0.1) is 0 Å². The largest absolute Gasteiger partial charge is 0.345 e. The van der Waals surface area contributed by atoms with E-state index in [1.807, 2.05) is 30.8 Å². The molecular weight excluding hydrogens is 328 g/mol. The molecule has 2 heterocycles. The molecule has 136 valence electrons. The highest BCUT2D eigenvalue weighted by Gasteiger charge is 2.28. The van der Waals surface area contributed by atoms with Gasteiger partial charge in [0, 0.05) is 42.5 Å². The molecule has 26 heavy (non-hydrogen) atoms. The molecule has 1 aromatic heterocycles. The van der Waals surface area contributed by atoms with Gasteiger partial charge in [-0.05, 0) is 56.9 Å². The van der Waals surface area contributed by atoms with Gasteiger partial charge in [-0.25, -0.2) is 0 Å². The molecular formula is C20H24N4O2. The number of aromatic nitrogens is 2. The van der Waals surface area contributed by atoms with E-state index in [1.165, 1.54) is 11.3 Å². The highest BCUT2D eigenvalue weighted by atomic mass is 16.2. The molecule has 1 aromatic carbocycles. The van der Waals surface area contributed by atoms with Crippen molar-refractivity contribution < 1.29 is 9.59 Å². The number of benzene rings is 1. The molecule has 1 fully saturated rings. The summed E-state index contributed by atoms with van der Waals surface area (Å²) in [4.78, 5) is 26.4. The molecule has 1 aliphatic heterocycles. The number of carbonyl (C=O) groups is 2. The minimum atomic E-state index is -0.0783. The first-order valence-corrected chi connectivity index (χ1v) is 9.28. The van der Waals surface area contributed by atoms with Crippen LogP contribution in [0.1, 0.15) is 59.0 Å². The Morgan fingerprint density at radius 1 is 1.19 bits per heavy atom. The molecule has 1 saturated heterocycles. The monoisotopic (exact) mass is 352 g/mol. The van der Waals surface area contributed by atoms with Crippen LogP contribution in [0.15, 0.2) is 24.3 Å². The predicted octanol–water partition coefficient (Wildman–Crippen LogP) is 2.66. The fraction of sp³-hybridized carbons (Fsp3) is 0.450. The number of nitrogens with zero attached hydrogens (tertiary/aromatic N) is 3. The van der Waals surface area contributed by atoms with E-state index in [-0.39, 0.29) is 17.9 Å². The molecule has 2 amide bonds. The van der Waals surface area contributed by atoms with E-state index in [0.29, 0.717) is 12.0 Å². The van der Waals surface area contributed by atoms with Gasteiger partial charge in [-0.3, -0.25) is 14.3 Å². The topological polar surface area (TPSA) is 67.2 Å². The average molecular weight is 352 g/mol. The Kier molecular flexibility index (Phi) is 4.26. The quantitative estimate of drug-likeness (QED) is 0.923. The average Bonchev–Trinajstić information content (AvgIpc) is 3.19. The maximum Gasteiger partial charge on any atom is 0.251 e. The molecule has 0 saturated carbocycles. The Morgan fingerprint density at radius 2 is 1.96 bits per heavy atom. The lowest BCUT2D eigenvalue weighted by molar-refractivity contribution is -0.117. The Bertz CT molecular complexity index is 853. The number of carbonyl (C=O) groups excluding carboxylic acids is 2. The SMILES string of the molecule is Cc1nn(C)c2c1C(NC(=O)c1ccc(N3CCCC3=O)cc1)CCC2. The summed E-state index contributed by atoms with van der Waals surface area (Å²) < 4.78 is 1.94. The number of amides is 2. The molecule has 4 rings (SSSR count). The lowest BCUT2D eigenvalue weighted by atomic mass is 9.90. The Labute approximate surface area is 153 Å². The zero-order valence-electron chi connectivity index (χ0n) is 15.3. The maximum absolute atomic E-state index is 12.7. The molecule has 2 aromatic rings. The van der Waals surface area contributed by atoms with E-state index in [4.69, 9.17) is 0 Å². The summed E-state index contributed by atoms with van der Waals surface area (Å²) in [5.41, 5.74) is 4.88. The number of aryl methyl sites for hydroxylation is 2. The molecule has 1 N–H and O–H groups in total. The zero-order valence-corrected chi connectivity index (χ0v) is 15.3. The van der Waals surface area contributed by atoms with Crippen LogP contribution in [0.25, 0.3) is 0 Å². The van der Waals surface area contributed by atoms with Gasteiger partial charge < -0.3 is 10.2 Å².